The van der Waals surface area contributed by atoms with Gasteiger partial charge in [0.05, 0.1) is 17.6 Å². The summed E-state index contributed by atoms with van der Waals surface area (Å²) in [5.74, 6) is -2.10. The molecule has 0 saturated carbocycles. The summed E-state index contributed by atoms with van der Waals surface area (Å²) < 4.78 is 41.2. The summed E-state index contributed by atoms with van der Waals surface area (Å²) in [5, 5.41) is 21.0. The van der Waals surface area contributed by atoms with Crippen molar-refractivity contribution in [1.29, 1.82) is 0 Å². The monoisotopic (exact) mass is 474 g/mol. The van der Waals surface area contributed by atoms with Crippen molar-refractivity contribution < 1.29 is 40.6 Å². The number of halogens is 1. The number of amides is 1. The molecule has 0 aliphatic heterocycles. The quantitative estimate of drug-likeness (QED) is 0.190. The molecule has 3 N–H and O–H groups in total. The Morgan fingerprint density at radius 2 is 1.86 bits per heavy atom. The van der Waals surface area contributed by atoms with Gasteiger partial charge in [-0.05, 0) is 12.1 Å². The number of para-hydroxylation sites is 1. The van der Waals surface area contributed by atoms with Crippen LogP contribution in [0, 0.1) is 15.9 Å². The molecule has 0 heterocycles. The van der Waals surface area contributed by atoms with Crippen LogP contribution in [0.3, 0.4) is 0 Å². The van der Waals surface area contributed by atoms with E-state index in [0.717, 1.165) is 25.3 Å². The van der Waals surface area contributed by atoms with E-state index in [1.165, 1.54) is 25.1 Å². The molecule has 0 fully saturated rings. The number of hydrogen-bond donors (Lipinski definition) is 3. The maximum atomic E-state index is 12.8. The van der Waals surface area contributed by atoms with Crippen molar-refractivity contribution in [3.63, 3.8) is 0 Å². The molecular weight excluding hydrogens is 458 g/mol. The average Bonchev–Trinajstić information content (AvgIpc) is 2.68. The second-order valence-electron chi connectivity index (χ2n) is 5.22. The van der Waals surface area contributed by atoms with E-state index >= 15 is 0 Å². The van der Waals surface area contributed by atoms with Gasteiger partial charge in [0, 0.05) is 6.07 Å². The van der Waals surface area contributed by atoms with E-state index in [9.17, 15) is 31.9 Å². The van der Waals surface area contributed by atoms with Crippen LogP contribution in [-0.2, 0) is 17.1 Å². The number of nitrogens with one attached hydrogen (secondary N) is 1. The fourth-order valence-electron chi connectivity index (χ4n) is 1.96. The molecule has 0 aliphatic rings. The topological polar surface area (TPSA) is 165 Å². The third-order valence-corrected chi connectivity index (χ3v) is 5.75. The zero-order valence-electron chi connectivity index (χ0n) is 15.1. The molecule has 1 amide bonds. The first-order chi connectivity index (χ1) is 13.5. The first-order valence-electron chi connectivity index (χ1n) is 7.59. The molecule has 1 unspecified atom stereocenters. The molecule has 1 atom stereocenters. The Labute approximate surface area is 166 Å². The van der Waals surface area contributed by atoms with Crippen LogP contribution in [0.15, 0.2) is 42.5 Å². The number of methoxy groups -OCH3 is 1. The van der Waals surface area contributed by atoms with E-state index in [1.807, 2.05) is 0 Å². The van der Waals surface area contributed by atoms with Gasteiger partial charge >= 0.3 is 100 Å². The van der Waals surface area contributed by atoms with Gasteiger partial charge in [-0.3, -0.25) is 10.1 Å². The summed E-state index contributed by atoms with van der Waals surface area (Å²) in [7, 11) is 1.14. The standard InChI is InChI=1S/C8H10AsNO5.C8H6FNO4/c1-6(11)10-8-5-3-2-4-7(8)9(12,13)15-14;1-14-8(11)5-2-3-6(9)7(4-5)10(12)13/h2-5,14H,1H3,(H,10,11)(H,12,13);2-4H,1H3. The number of hydrogen-bond acceptors (Lipinski definition) is 8. The minimum Gasteiger partial charge on any atom is -0.465 e. The summed E-state index contributed by atoms with van der Waals surface area (Å²) in [6, 6.07) is 8.65. The van der Waals surface area contributed by atoms with Gasteiger partial charge in [0.2, 0.25) is 5.82 Å². The van der Waals surface area contributed by atoms with Crippen LogP contribution in [0.1, 0.15) is 17.3 Å². The Morgan fingerprint density at radius 1 is 1.24 bits per heavy atom. The number of ether oxygens (including phenoxy) is 1. The number of carbonyl (C=O) groups is 2. The van der Waals surface area contributed by atoms with E-state index < -0.39 is 36.6 Å². The van der Waals surface area contributed by atoms with E-state index in [-0.39, 0.29) is 21.5 Å². The van der Waals surface area contributed by atoms with Gasteiger partial charge in [0.15, 0.2) is 0 Å². The van der Waals surface area contributed by atoms with Crippen molar-refractivity contribution in [3.8, 4) is 0 Å². The van der Waals surface area contributed by atoms with Gasteiger partial charge < -0.3 is 4.74 Å². The average molecular weight is 474 g/mol. The number of rotatable bonds is 5. The number of carbonyl (C=O) groups excluding carboxylic acids is 2. The fourth-order valence-corrected chi connectivity index (χ4v) is 3.63. The van der Waals surface area contributed by atoms with Gasteiger partial charge in [0.1, 0.15) is 0 Å². The summed E-state index contributed by atoms with van der Waals surface area (Å²) in [4.78, 5) is 31.1. The van der Waals surface area contributed by atoms with Crippen LogP contribution in [0.5, 0.6) is 0 Å². The van der Waals surface area contributed by atoms with Crippen molar-refractivity contribution in [2.45, 2.75) is 6.92 Å². The van der Waals surface area contributed by atoms with E-state index in [0.29, 0.717) is 0 Å². The molecule has 2 aromatic carbocycles. The number of nitro groups is 1. The molecule has 0 saturated heterocycles. The van der Waals surface area contributed by atoms with Gasteiger partial charge in [0.25, 0.3) is 0 Å². The molecule has 11 nitrogen and oxygen atoms in total. The molecule has 13 heteroatoms. The Bertz CT molecular complexity index is 967. The maximum absolute atomic E-state index is 12.8. The number of nitrogens with zero attached hydrogens (tertiary/aromatic N) is 1. The molecule has 0 radical (unpaired) electrons. The van der Waals surface area contributed by atoms with Crippen molar-refractivity contribution in [2.24, 2.45) is 0 Å². The number of nitro benzene ring substituents is 1. The van der Waals surface area contributed by atoms with Gasteiger partial charge in [-0.2, -0.15) is 4.39 Å². The normalized spacial score (nSPS) is 12.0. The zero-order valence-corrected chi connectivity index (χ0v) is 16.9. The smallest absolute Gasteiger partial charge is 0.338 e. The van der Waals surface area contributed by atoms with E-state index in [4.69, 9.17) is 5.26 Å². The Morgan fingerprint density at radius 3 is 2.38 bits per heavy atom. The molecule has 0 bridgehead atoms. The molecule has 29 heavy (non-hydrogen) atoms. The SMILES string of the molecule is CC(=O)Nc1ccccc1[As](=O)(O)OO.COC(=O)c1ccc(F)c([N+](=O)[O-])c1. The first kappa shape index (κ1) is 24.0. The van der Waals surface area contributed by atoms with E-state index in [2.05, 4.69) is 13.9 Å². The Balaban J connectivity index is 0.000000291. The van der Waals surface area contributed by atoms with Crippen LogP contribution in [-0.4, -0.2) is 47.4 Å². The molecule has 156 valence electrons. The van der Waals surface area contributed by atoms with Crippen molar-refractivity contribution >= 4 is 41.8 Å². The fraction of sp³-hybridized carbons (Fsp3) is 0.125. The van der Waals surface area contributed by atoms with Gasteiger partial charge in [-0.1, -0.05) is 0 Å². The predicted octanol–water partition coefficient (Wildman–Crippen LogP) is 1.22. The number of benzene rings is 2. The molecule has 0 aromatic heterocycles. The predicted molar refractivity (Wildman–Crippen MR) is 97.1 cm³/mol. The number of esters is 1. The Kier molecular flexibility index (Phi) is 8.67. The second-order valence-corrected chi connectivity index (χ2v) is 8.75. The molecule has 0 spiro atoms. The van der Waals surface area contributed by atoms with Crippen LogP contribution in [0.4, 0.5) is 15.8 Å². The molecular formula is C16H16AsFN2O9. The second kappa shape index (κ2) is 10.5. The third-order valence-electron chi connectivity index (χ3n) is 3.19. The van der Waals surface area contributed by atoms with Crippen LogP contribution in [0.25, 0.3) is 0 Å². The summed E-state index contributed by atoms with van der Waals surface area (Å²) in [6.07, 6.45) is 0. The van der Waals surface area contributed by atoms with Crippen molar-refractivity contribution in [2.75, 3.05) is 12.4 Å². The minimum atomic E-state index is -4.92. The minimum absolute atomic E-state index is 0.0550. The molecule has 2 rings (SSSR count). The first-order valence-corrected chi connectivity index (χ1v) is 10.9. The number of anilines is 1. The van der Waals surface area contributed by atoms with E-state index in [1.54, 1.807) is 6.07 Å². The summed E-state index contributed by atoms with van der Waals surface area (Å²) >= 11 is -4.92. The molecule has 0 aliphatic carbocycles. The van der Waals surface area contributed by atoms with Gasteiger partial charge in [-0.25, -0.2) is 4.79 Å². The van der Waals surface area contributed by atoms with Crippen LogP contribution >= 0.6 is 0 Å². The largest absolute Gasteiger partial charge is 0.465 e. The van der Waals surface area contributed by atoms with Gasteiger partial charge in [-0.15, -0.1) is 0 Å². The zero-order chi connectivity index (χ0) is 22.2. The Hall–Kier alpha value is -3.05. The third kappa shape index (κ3) is 6.80. The van der Waals surface area contributed by atoms with Crippen LogP contribution in [0.2, 0.25) is 0 Å². The van der Waals surface area contributed by atoms with Crippen LogP contribution < -0.4 is 9.67 Å². The summed E-state index contributed by atoms with van der Waals surface area (Å²) in [5.41, 5.74) is -0.641. The van der Waals surface area contributed by atoms with Crippen molar-refractivity contribution in [3.05, 3.63) is 64.0 Å². The van der Waals surface area contributed by atoms with Crippen molar-refractivity contribution in [1.82, 2.24) is 0 Å². The summed E-state index contributed by atoms with van der Waals surface area (Å²) in [6.45, 7) is 1.27. The maximum Gasteiger partial charge on any atom is 0.338 e. The molecule has 2 aromatic rings.